The number of halogens is 1. The normalized spacial score (nSPS) is 13.3. The van der Waals surface area contributed by atoms with Crippen molar-refractivity contribution >= 4 is 36.8 Å². The van der Waals surface area contributed by atoms with Crippen molar-refractivity contribution in [2.75, 3.05) is 0 Å². The summed E-state index contributed by atoms with van der Waals surface area (Å²) in [6.45, 7) is 0. The minimum absolute atomic E-state index is 0.769. The second-order valence-corrected chi connectivity index (χ2v) is 8.47. The van der Waals surface area contributed by atoms with Crippen LogP contribution in [0.3, 0.4) is 0 Å². The summed E-state index contributed by atoms with van der Waals surface area (Å²) in [5, 5.41) is 3.24. The number of aryl methyl sites for hydroxylation is 1. The van der Waals surface area contributed by atoms with E-state index >= 15 is 0 Å². The van der Waals surface area contributed by atoms with Crippen LogP contribution in [-0.2, 0) is 10.8 Å². The van der Waals surface area contributed by atoms with Crippen molar-refractivity contribution in [1.29, 1.82) is 0 Å². The van der Waals surface area contributed by atoms with Gasteiger partial charge in [0.05, 0.1) is 5.02 Å². The Balaban J connectivity index is 1.75. The molecule has 0 saturated carbocycles. The van der Waals surface area contributed by atoms with Gasteiger partial charge >= 0.3 is 9.04 Å². The first kappa shape index (κ1) is 16.2. The molecule has 4 rings (SSSR count). The number of allylic oxidation sites excluding steroid dienone is 1. The van der Waals surface area contributed by atoms with Gasteiger partial charge < -0.3 is 4.43 Å². The maximum Gasteiger partial charge on any atom is 0.352 e. The van der Waals surface area contributed by atoms with Crippen LogP contribution in [0.15, 0.2) is 84.9 Å². The average Bonchev–Trinajstić information content (AvgIpc) is 2.68. The first-order valence-corrected chi connectivity index (χ1v) is 10.2. The molecule has 1 radical (unpaired) electrons. The summed E-state index contributed by atoms with van der Waals surface area (Å²) in [4.78, 5) is 0. The first-order valence-electron chi connectivity index (χ1n) is 8.46. The summed E-state index contributed by atoms with van der Waals surface area (Å²) in [6.07, 6.45) is 4.19. The Bertz CT molecular complexity index is 851. The highest BCUT2D eigenvalue weighted by molar-refractivity contribution is 6.80. The summed E-state index contributed by atoms with van der Waals surface area (Å²) >= 11 is 6.50. The second-order valence-electron chi connectivity index (χ2n) is 6.04. The summed E-state index contributed by atoms with van der Waals surface area (Å²) in [6, 6.07) is 27.1. The van der Waals surface area contributed by atoms with Gasteiger partial charge in [-0.3, -0.25) is 0 Å². The van der Waals surface area contributed by atoms with E-state index in [1.165, 1.54) is 15.9 Å². The zero-order valence-corrected chi connectivity index (χ0v) is 15.5. The number of hydrogen-bond acceptors (Lipinski definition) is 1. The van der Waals surface area contributed by atoms with E-state index in [0.717, 1.165) is 29.2 Å². The van der Waals surface area contributed by atoms with Gasteiger partial charge in [-0.05, 0) is 40.9 Å². The number of hydrogen-bond donors (Lipinski definition) is 0. The van der Waals surface area contributed by atoms with Crippen LogP contribution in [-0.4, -0.2) is 9.04 Å². The summed E-state index contributed by atoms with van der Waals surface area (Å²) in [7, 11) is -1.38. The number of benzene rings is 3. The Morgan fingerprint density at radius 1 is 0.760 bits per heavy atom. The van der Waals surface area contributed by atoms with Crippen LogP contribution >= 0.6 is 11.6 Å². The van der Waals surface area contributed by atoms with Gasteiger partial charge in [-0.25, -0.2) is 0 Å². The standard InChI is InChI=1S/C22H18ClOSi/c23-20-15-7-9-17-10-8-16-21(22(17)20)24-25(18-11-3-1-4-12-18)19-13-5-2-6-14-19/h1-7,9,11-16H,8,10H2. The predicted molar refractivity (Wildman–Crippen MR) is 107 cm³/mol. The van der Waals surface area contributed by atoms with Gasteiger partial charge in [-0.1, -0.05) is 84.4 Å². The summed E-state index contributed by atoms with van der Waals surface area (Å²) < 4.78 is 6.65. The smallest absolute Gasteiger partial charge is 0.352 e. The fraction of sp³-hybridized carbons (Fsp3) is 0.0909. The molecule has 0 fully saturated rings. The van der Waals surface area contributed by atoms with E-state index in [0.29, 0.717) is 0 Å². The molecular formula is C22H18ClOSi. The van der Waals surface area contributed by atoms with E-state index in [4.69, 9.17) is 16.0 Å². The second kappa shape index (κ2) is 7.30. The Hall–Kier alpha value is -2.29. The van der Waals surface area contributed by atoms with Gasteiger partial charge in [0.2, 0.25) is 0 Å². The van der Waals surface area contributed by atoms with Crippen LogP contribution in [0, 0.1) is 0 Å². The monoisotopic (exact) mass is 361 g/mol. The molecule has 1 nitrogen and oxygen atoms in total. The van der Waals surface area contributed by atoms with Crippen LogP contribution in [0.1, 0.15) is 17.5 Å². The zero-order valence-electron chi connectivity index (χ0n) is 13.8. The lowest BCUT2D eigenvalue weighted by Crippen LogP contribution is -2.44. The van der Waals surface area contributed by atoms with Gasteiger partial charge in [0.1, 0.15) is 5.76 Å². The predicted octanol–water partition coefficient (Wildman–Crippen LogP) is 4.45. The molecule has 3 heteroatoms. The van der Waals surface area contributed by atoms with Crippen LogP contribution in [0.25, 0.3) is 5.76 Å². The average molecular weight is 362 g/mol. The van der Waals surface area contributed by atoms with Crippen molar-refractivity contribution < 1.29 is 4.43 Å². The molecule has 0 spiro atoms. The van der Waals surface area contributed by atoms with Gasteiger partial charge in [0, 0.05) is 5.56 Å². The van der Waals surface area contributed by atoms with Crippen molar-refractivity contribution in [2.24, 2.45) is 0 Å². The van der Waals surface area contributed by atoms with E-state index in [1.807, 2.05) is 24.3 Å². The van der Waals surface area contributed by atoms with E-state index in [-0.39, 0.29) is 0 Å². The Morgan fingerprint density at radius 3 is 2.04 bits per heavy atom. The van der Waals surface area contributed by atoms with Gasteiger partial charge in [-0.2, -0.15) is 0 Å². The molecule has 0 unspecified atom stereocenters. The Labute approximate surface area is 155 Å². The molecule has 0 saturated heterocycles. The van der Waals surface area contributed by atoms with Crippen LogP contribution in [0.5, 0.6) is 0 Å². The van der Waals surface area contributed by atoms with Crippen LogP contribution < -0.4 is 10.4 Å². The van der Waals surface area contributed by atoms with Gasteiger partial charge in [0.25, 0.3) is 0 Å². The van der Waals surface area contributed by atoms with Crippen molar-refractivity contribution in [2.45, 2.75) is 12.8 Å². The molecule has 1 aliphatic carbocycles. The lowest BCUT2D eigenvalue weighted by molar-refractivity contribution is 0.540. The highest BCUT2D eigenvalue weighted by Crippen LogP contribution is 2.33. The van der Waals surface area contributed by atoms with Crippen molar-refractivity contribution in [3.05, 3.63) is 101 Å². The van der Waals surface area contributed by atoms with Gasteiger partial charge in [0.15, 0.2) is 0 Å². The van der Waals surface area contributed by atoms with Crippen molar-refractivity contribution in [1.82, 2.24) is 0 Å². The molecule has 0 heterocycles. The van der Waals surface area contributed by atoms with Crippen molar-refractivity contribution in [3.63, 3.8) is 0 Å². The molecule has 1 aliphatic rings. The third-order valence-electron chi connectivity index (χ3n) is 4.37. The molecular weight excluding hydrogens is 344 g/mol. The molecule has 0 bridgehead atoms. The van der Waals surface area contributed by atoms with E-state index in [1.54, 1.807) is 0 Å². The molecule has 0 atom stereocenters. The third kappa shape index (κ3) is 3.41. The first-order chi connectivity index (χ1) is 12.3. The molecule has 25 heavy (non-hydrogen) atoms. The molecule has 0 aromatic heterocycles. The third-order valence-corrected chi connectivity index (χ3v) is 6.83. The quantitative estimate of drug-likeness (QED) is 0.624. The van der Waals surface area contributed by atoms with E-state index < -0.39 is 9.04 Å². The maximum absolute atomic E-state index is 6.65. The highest BCUT2D eigenvalue weighted by Gasteiger charge is 2.25. The minimum Gasteiger partial charge on any atom is -0.532 e. The minimum atomic E-state index is -1.38. The largest absolute Gasteiger partial charge is 0.532 e. The molecule has 3 aromatic rings. The highest BCUT2D eigenvalue weighted by atomic mass is 35.5. The molecule has 3 aromatic carbocycles. The molecule has 0 aliphatic heterocycles. The van der Waals surface area contributed by atoms with E-state index in [2.05, 4.69) is 60.7 Å². The Kier molecular flexibility index (Phi) is 4.73. The van der Waals surface area contributed by atoms with E-state index in [9.17, 15) is 0 Å². The lowest BCUT2D eigenvalue weighted by Gasteiger charge is -2.24. The number of rotatable bonds is 4. The molecule has 0 N–H and O–H groups in total. The van der Waals surface area contributed by atoms with Gasteiger partial charge in [-0.15, -0.1) is 0 Å². The van der Waals surface area contributed by atoms with Crippen molar-refractivity contribution in [3.8, 4) is 0 Å². The molecule has 123 valence electrons. The summed E-state index contributed by atoms with van der Waals surface area (Å²) in [5.74, 6) is 0.924. The van der Waals surface area contributed by atoms with Crippen LogP contribution in [0.4, 0.5) is 0 Å². The fourth-order valence-corrected chi connectivity index (χ4v) is 5.43. The fourth-order valence-electron chi connectivity index (χ4n) is 3.18. The lowest BCUT2D eigenvalue weighted by atomic mass is 9.96. The Morgan fingerprint density at radius 2 is 1.40 bits per heavy atom. The summed E-state index contributed by atoms with van der Waals surface area (Å²) in [5.41, 5.74) is 2.33. The molecule has 0 amide bonds. The topological polar surface area (TPSA) is 9.23 Å². The van der Waals surface area contributed by atoms with Crippen LogP contribution in [0.2, 0.25) is 5.02 Å². The SMILES string of the molecule is Clc1cccc2c1C(O[Si](c1ccccc1)c1ccccc1)=CCC2. The maximum atomic E-state index is 6.65. The zero-order chi connectivity index (χ0) is 17.1. The number of fused-ring (bicyclic) bond motifs is 1.